The first-order valence-electron chi connectivity index (χ1n) is 5.00. The molecule has 1 aromatic carbocycles. The number of carbonyl (C=O) groups excluding carboxylic acids is 1. The lowest BCUT2D eigenvalue weighted by Gasteiger charge is -2.01. The highest BCUT2D eigenvalue weighted by molar-refractivity contribution is 5.85. The molecule has 1 aromatic heterocycles. The Hall–Kier alpha value is -2.16. The highest BCUT2D eigenvalue weighted by Crippen LogP contribution is 1.98. The molecular weight excluding hydrogens is 202 g/mol. The number of hydrogen-bond donors (Lipinski definition) is 0. The Morgan fingerprint density at radius 3 is 2.25 bits per heavy atom. The van der Waals surface area contributed by atoms with Gasteiger partial charge in [-0.25, -0.2) is 4.57 Å². The third-order valence-corrected chi connectivity index (χ3v) is 2.33. The Bertz CT molecular complexity index is 477. The maximum atomic E-state index is 10.6. The van der Waals surface area contributed by atoms with Crippen molar-refractivity contribution < 1.29 is 14.5 Å². The first-order chi connectivity index (χ1) is 7.75. The predicted octanol–water partition coefficient (Wildman–Crippen LogP) is 0.386. The Kier molecular flexibility index (Phi) is 2.96. The fourth-order valence-electron chi connectivity index (χ4n) is 1.49. The Labute approximate surface area is 93.6 Å². The smallest absolute Gasteiger partial charge is 0.173 e. The van der Waals surface area contributed by atoms with E-state index in [2.05, 4.69) is 0 Å². The minimum absolute atomic E-state index is 0.198. The van der Waals surface area contributed by atoms with Gasteiger partial charge in [-0.15, -0.1) is 0 Å². The van der Waals surface area contributed by atoms with E-state index in [-0.39, 0.29) is 5.56 Å². The maximum Gasteiger partial charge on any atom is 0.173 e. The van der Waals surface area contributed by atoms with E-state index in [0.29, 0.717) is 0 Å². The Balaban J connectivity index is 2.14. The van der Waals surface area contributed by atoms with Crippen LogP contribution in [0.5, 0.6) is 0 Å². The summed E-state index contributed by atoms with van der Waals surface area (Å²) in [6.45, 7) is 0.730. The highest BCUT2D eigenvalue weighted by Gasteiger charge is 2.02. The Morgan fingerprint density at radius 2 is 1.69 bits per heavy atom. The zero-order chi connectivity index (χ0) is 11.4. The lowest BCUT2D eigenvalue weighted by Crippen LogP contribution is -2.34. The molecule has 3 nitrogen and oxygen atoms in total. The second kappa shape index (κ2) is 4.57. The molecule has 80 valence electrons. The fraction of sp³-hybridized carbons (Fsp3) is 0.0769. The van der Waals surface area contributed by atoms with Crippen molar-refractivity contribution in [3.05, 3.63) is 66.0 Å². The maximum absolute atomic E-state index is 10.6. The number of carboxylic acid groups (broad SMARTS) is 1. The van der Waals surface area contributed by atoms with Crippen LogP contribution >= 0.6 is 0 Å². The third-order valence-electron chi connectivity index (χ3n) is 2.33. The van der Waals surface area contributed by atoms with Gasteiger partial charge in [-0.3, -0.25) is 0 Å². The van der Waals surface area contributed by atoms with Gasteiger partial charge in [0.05, 0.1) is 5.97 Å². The third kappa shape index (κ3) is 2.45. The molecule has 16 heavy (non-hydrogen) atoms. The summed E-state index contributed by atoms with van der Waals surface area (Å²) in [4.78, 5) is 10.6. The van der Waals surface area contributed by atoms with Gasteiger partial charge in [-0.2, -0.15) is 0 Å². The van der Waals surface area contributed by atoms with Crippen molar-refractivity contribution in [1.29, 1.82) is 0 Å². The predicted molar refractivity (Wildman–Crippen MR) is 56.5 cm³/mol. The van der Waals surface area contributed by atoms with Crippen LogP contribution in [0.4, 0.5) is 0 Å². The van der Waals surface area contributed by atoms with Crippen molar-refractivity contribution in [2.45, 2.75) is 6.54 Å². The first-order valence-corrected chi connectivity index (χ1v) is 5.00. The lowest BCUT2D eigenvalue weighted by molar-refractivity contribution is -0.688. The average molecular weight is 213 g/mol. The molecule has 0 saturated heterocycles. The average Bonchev–Trinajstić information content (AvgIpc) is 2.31. The number of carboxylic acids is 1. The molecule has 2 aromatic rings. The molecule has 1 heterocycles. The van der Waals surface area contributed by atoms with E-state index < -0.39 is 5.97 Å². The molecular formula is C13H11NO2. The molecule has 0 amide bonds. The van der Waals surface area contributed by atoms with Gasteiger partial charge in [0, 0.05) is 23.3 Å². The standard InChI is InChI=1S/C13H11NO2/c15-13(16)12-6-8-14(9-7-12)10-11-4-2-1-3-5-11/h1-9H,10H2. The molecule has 0 spiro atoms. The summed E-state index contributed by atoms with van der Waals surface area (Å²) >= 11 is 0. The van der Waals surface area contributed by atoms with Gasteiger partial charge in [-0.05, 0) is 0 Å². The summed E-state index contributed by atoms with van der Waals surface area (Å²) in [5.41, 5.74) is 1.37. The van der Waals surface area contributed by atoms with E-state index in [9.17, 15) is 9.90 Å². The quantitative estimate of drug-likeness (QED) is 0.692. The topological polar surface area (TPSA) is 44.0 Å². The molecule has 0 unspecified atom stereocenters. The van der Waals surface area contributed by atoms with Gasteiger partial charge < -0.3 is 9.90 Å². The SMILES string of the molecule is O=C([O-])c1cc[n+](Cc2ccccc2)cc1. The van der Waals surface area contributed by atoms with E-state index in [1.165, 1.54) is 17.7 Å². The van der Waals surface area contributed by atoms with E-state index in [0.717, 1.165) is 6.54 Å². The molecule has 0 aliphatic heterocycles. The number of aromatic nitrogens is 1. The molecule has 0 radical (unpaired) electrons. The molecule has 0 aliphatic carbocycles. The van der Waals surface area contributed by atoms with Crippen LogP contribution in [0.3, 0.4) is 0 Å². The van der Waals surface area contributed by atoms with E-state index in [4.69, 9.17) is 0 Å². The molecule has 0 fully saturated rings. The van der Waals surface area contributed by atoms with Gasteiger partial charge in [-0.1, -0.05) is 30.3 Å². The van der Waals surface area contributed by atoms with Crippen LogP contribution in [0, 0.1) is 0 Å². The van der Waals surface area contributed by atoms with Crippen molar-refractivity contribution in [2.24, 2.45) is 0 Å². The van der Waals surface area contributed by atoms with Crippen molar-refractivity contribution in [3.63, 3.8) is 0 Å². The molecule has 0 bridgehead atoms. The summed E-state index contributed by atoms with van der Waals surface area (Å²) in [6.07, 6.45) is 3.47. The molecule has 0 aliphatic rings. The molecule has 0 N–H and O–H groups in total. The van der Waals surface area contributed by atoms with Crippen LogP contribution < -0.4 is 9.67 Å². The van der Waals surface area contributed by atoms with Crippen molar-refractivity contribution >= 4 is 5.97 Å². The van der Waals surface area contributed by atoms with Gasteiger partial charge in [0.25, 0.3) is 0 Å². The first kappa shape index (κ1) is 10.4. The van der Waals surface area contributed by atoms with Gasteiger partial charge in [0.2, 0.25) is 0 Å². The monoisotopic (exact) mass is 213 g/mol. The number of carbonyl (C=O) groups is 1. The number of rotatable bonds is 3. The second-order valence-electron chi connectivity index (χ2n) is 3.53. The molecule has 2 rings (SSSR count). The van der Waals surface area contributed by atoms with Crippen LogP contribution in [0.1, 0.15) is 15.9 Å². The summed E-state index contributed by atoms with van der Waals surface area (Å²) < 4.78 is 1.92. The van der Waals surface area contributed by atoms with Crippen LogP contribution in [0.2, 0.25) is 0 Å². The van der Waals surface area contributed by atoms with E-state index >= 15 is 0 Å². The van der Waals surface area contributed by atoms with E-state index in [1.807, 2.05) is 34.9 Å². The van der Waals surface area contributed by atoms with Crippen molar-refractivity contribution in [3.8, 4) is 0 Å². The van der Waals surface area contributed by atoms with Gasteiger partial charge in [0.1, 0.15) is 0 Å². The summed E-state index contributed by atoms with van der Waals surface area (Å²) in [5, 5.41) is 10.6. The van der Waals surface area contributed by atoms with E-state index in [1.54, 1.807) is 12.4 Å². The zero-order valence-electron chi connectivity index (χ0n) is 8.67. The van der Waals surface area contributed by atoms with Crippen molar-refractivity contribution in [1.82, 2.24) is 0 Å². The minimum atomic E-state index is -1.15. The highest BCUT2D eigenvalue weighted by atomic mass is 16.4. The van der Waals surface area contributed by atoms with Crippen molar-refractivity contribution in [2.75, 3.05) is 0 Å². The number of benzene rings is 1. The molecule has 3 heteroatoms. The number of nitrogens with zero attached hydrogens (tertiary/aromatic N) is 1. The van der Waals surface area contributed by atoms with Crippen LogP contribution in [-0.2, 0) is 6.54 Å². The lowest BCUT2D eigenvalue weighted by atomic mass is 10.2. The summed E-state index contributed by atoms with van der Waals surface area (Å²) in [6, 6.07) is 13.1. The number of pyridine rings is 1. The van der Waals surface area contributed by atoms with Gasteiger partial charge in [0.15, 0.2) is 18.9 Å². The second-order valence-corrected chi connectivity index (χ2v) is 3.53. The van der Waals surface area contributed by atoms with Crippen LogP contribution in [-0.4, -0.2) is 5.97 Å². The van der Waals surface area contributed by atoms with Gasteiger partial charge >= 0.3 is 0 Å². The van der Waals surface area contributed by atoms with Crippen LogP contribution in [0.15, 0.2) is 54.9 Å². The summed E-state index contributed by atoms with van der Waals surface area (Å²) in [5.74, 6) is -1.15. The number of hydrogen-bond acceptors (Lipinski definition) is 2. The molecule has 0 atom stereocenters. The van der Waals surface area contributed by atoms with Crippen LogP contribution in [0.25, 0.3) is 0 Å². The minimum Gasteiger partial charge on any atom is -0.545 e. The fourth-order valence-corrected chi connectivity index (χ4v) is 1.49. The zero-order valence-corrected chi connectivity index (χ0v) is 8.67. The summed E-state index contributed by atoms with van der Waals surface area (Å²) in [7, 11) is 0. The number of aromatic carboxylic acids is 1. The largest absolute Gasteiger partial charge is 0.545 e. The normalized spacial score (nSPS) is 10.0. The Morgan fingerprint density at radius 1 is 1.06 bits per heavy atom. The molecule has 0 saturated carbocycles.